The Morgan fingerprint density at radius 1 is 1.32 bits per heavy atom. The third-order valence-corrected chi connectivity index (χ3v) is 4.26. The van der Waals surface area contributed by atoms with Gasteiger partial charge < -0.3 is 15.0 Å². The number of rotatable bonds is 4. The number of nitrogens with two attached hydrogens (primary N) is 1. The standard InChI is InChI=1S/C15H22N6O4/c1-8-4-20(5-9(2)25-8)7-11-17-13-12(21(11)6-10(16)22)14(23)18-15(24)19(13)3/h8-9H,4-7H2,1-3H3,(H2,16,22)(H,18,23,24)/t8-,9+. The zero-order chi connectivity index (χ0) is 18.3. The van der Waals surface area contributed by atoms with Crippen molar-refractivity contribution in [3.05, 3.63) is 26.7 Å². The lowest BCUT2D eigenvalue weighted by Gasteiger charge is -2.35. The van der Waals surface area contributed by atoms with Gasteiger partial charge in [0.15, 0.2) is 11.2 Å². The summed E-state index contributed by atoms with van der Waals surface area (Å²) < 4.78 is 8.46. The number of aryl methyl sites for hydroxylation is 1. The van der Waals surface area contributed by atoms with Crippen LogP contribution in [0.25, 0.3) is 11.2 Å². The van der Waals surface area contributed by atoms with Crippen LogP contribution in [-0.4, -0.2) is 55.2 Å². The lowest BCUT2D eigenvalue weighted by atomic mass is 10.2. The molecule has 10 heteroatoms. The largest absolute Gasteiger partial charge is 0.373 e. The molecule has 2 aromatic heterocycles. The topological polar surface area (TPSA) is 128 Å². The molecule has 0 unspecified atom stereocenters. The molecule has 10 nitrogen and oxygen atoms in total. The molecule has 0 saturated carbocycles. The molecule has 3 heterocycles. The zero-order valence-corrected chi connectivity index (χ0v) is 14.5. The van der Waals surface area contributed by atoms with Gasteiger partial charge >= 0.3 is 5.69 Å². The summed E-state index contributed by atoms with van der Waals surface area (Å²) in [5.74, 6) is -0.0701. The molecule has 0 aromatic carbocycles. The first-order valence-corrected chi connectivity index (χ1v) is 8.10. The Morgan fingerprint density at radius 3 is 2.56 bits per heavy atom. The Morgan fingerprint density at radius 2 is 1.96 bits per heavy atom. The third-order valence-electron chi connectivity index (χ3n) is 4.26. The smallest absolute Gasteiger partial charge is 0.329 e. The van der Waals surface area contributed by atoms with E-state index in [0.717, 1.165) is 0 Å². The summed E-state index contributed by atoms with van der Waals surface area (Å²) in [5, 5.41) is 0. The molecule has 1 saturated heterocycles. The highest BCUT2D eigenvalue weighted by Gasteiger charge is 2.25. The number of aromatic nitrogens is 4. The molecule has 1 aliphatic heterocycles. The fourth-order valence-electron chi connectivity index (χ4n) is 3.34. The summed E-state index contributed by atoms with van der Waals surface area (Å²) in [6, 6.07) is 0. The third kappa shape index (κ3) is 3.35. The number of nitrogens with zero attached hydrogens (tertiary/aromatic N) is 4. The number of nitrogens with one attached hydrogen (secondary N) is 1. The second-order valence-electron chi connectivity index (χ2n) is 6.52. The summed E-state index contributed by atoms with van der Waals surface area (Å²) in [7, 11) is 1.52. The summed E-state index contributed by atoms with van der Waals surface area (Å²) in [6.07, 6.45) is 0.149. The number of carbonyl (C=O) groups excluding carboxylic acids is 1. The Bertz CT molecular complexity index is 916. The minimum absolute atomic E-state index is 0.0745. The van der Waals surface area contributed by atoms with E-state index in [1.54, 1.807) is 0 Å². The van der Waals surface area contributed by atoms with E-state index in [2.05, 4.69) is 14.9 Å². The van der Waals surface area contributed by atoms with Crippen molar-refractivity contribution in [2.45, 2.75) is 39.1 Å². The predicted octanol–water partition coefficient (Wildman–Crippen LogP) is -1.48. The van der Waals surface area contributed by atoms with Gasteiger partial charge in [-0.25, -0.2) is 9.78 Å². The number of fused-ring (bicyclic) bond motifs is 1. The van der Waals surface area contributed by atoms with Crippen LogP contribution in [0, 0.1) is 0 Å². The molecule has 1 aliphatic rings. The molecule has 25 heavy (non-hydrogen) atoms. The number of morpholine rings is 1. The molecule has 0 aliphatic carbocycles. The number of ether oxygens (including phenoxy) is 1. The monoisotopic (exact) mass is 350 g/mol. The average molecular weight is 350 g/mol. The predicted molar refractivity (Wildman–Crippen MR) is 90.1 cm³/mol. The number of carbonyl (C=O) groups is 1. The normalized spacial score (nSPS) is 21.7. The van der Waals surface area contributed by atoms with Crippen LogP contribution in [-0.2, 0) is 29.7 Å². The highest BCUT2D eigenvalue weighted by molar-refractivity contribution is 5.78. The second-order valence-corrected chi connectivity index (χ2v) is 6.52. The van der Waals surface area contributed by atoms with E-state index in [0.29, 0.717) is 25.5 Å². The van der Waals surface area contributed by atoms with Crippen molar-refractivity contribution >= 4 is 17.1 Å². The molecular formula is C15H22N6O4. The van der Waals surface area contributed by atoms with Crippen LogP contribution in [0.4, 0.5) is 0 Å². The van der Waals surface area contributed by atoms with Crippen LogP contribution in [0.2, 0.25) is 0 Å². The van der Waals surface area contributed by atoms with Gasteiger partial charge in [0.1, 0.15) is 12.4 Å². The van der Waals surface area contributed by atoms with Gasteiger partial charge in [0.2, 0.25) is 5.91 Å². The van der Waals surface area contributed by atoms with Crippen LogP contribution in [0.5, 0.6) is 0 Å². The molecule has 2 atom stereocenters. The van der Waals surface area contributed by atoms with E-state index in [9.17, 15) is 14.4 Å². The number of H-pyrrole nitrogens is 1. The van der Waals surface area contributed by atoms with Crippen molar-refractivity contribution in [1.82, 2.24) is 24.0 Å². The van der Waals surface area contributed by atoms with E-state index in [1.165, 1.54) is 16.2 Å². The number of aromatic amines is 1. The maximum atomic E-state index is 12.2. The molecule has 136 valence electrons. The fourth-order valence-corrected chi connectivity index (χ4v) is 3.34. The van der Waals surface area contributed by atoms with Gasteiger partial charge in [-0.1, -0.05) is 0 Å². The summed E-state index contributed by atoms with van der Waals surface area (Å²) in [6.45, 7) is 5.64. The second kappa shape index (κ2) is 6.45. The average Bonchev–Trinajstić information content (AvgIpc) is 2.82. The zero-order valence-electron chi connectivity index (χ0n) is 14.5. The molecule has 0 radical (unpaired) electrons. The Kier molecular flexibility index (Phi) is 4.48. The van der Waals surface area contributed by atoms with Gasteiger partial charge in [0.25, 0.3) is 5.56 Å². The molecule has 3 N–H and O–H groups in total. The van der Waals surface area contributed by atoms with Gasteiger partial charge in [0, 0.05) is 20.1 Å². The van der Waals surface area contributed by atoms with Crippen molar-refractivity contribution in [1.29, 1.82) is 0 Å². The first kappa shape index (κ1) is 17.4. The number of hydrogen-bond acceptors (Lipinski definition) is 6. The van der Waals surface area contributed by atoms with Crippen molar-refractivity contribution in [2.75, 3.05) is 13.1 Å². The fraction of sp³-hybridized carbons (Fsp3) is 0.600. The molecule has 2 aromatic rings. The van der Waals surface area contributed by atoms with E-state index in [-0.39, 0.29) is 29.9 Å². The van der Waals surface area contributed by atoms with E-state index < -0.39 is 17.2 Å². The maximum absolute atomic E-state index is 12.2. The number of amides is 1. The number of hydrogen-bond donors (Lipinski definition) is 2. The van der Waals surface area contributed by atoms with Gasteiger partial charge in [0.05, 0.1) is 18.8 Å². The number of primary amides is 1. The molecule has 0 bridgehead atoms. The van der Waals surface area contributed by atoms with Crippen LogP contribution in [0.1, 0.15) is 19.7 Å². The van der Waals surface area contributed by atoms with Crippen LogP contribution < -0.4 is 17.0 Å². The van der Waals surface area contributed by atoms with E-state index >= 15 is 0 Å². The van der Waals surface area contributed by atoms with Crippen LogP contribution in [0.15, 0.2) is 9.59 Å². The summed E-state index contributed by atoms with van der Waals surface area (Å²) in [4.78, 5) is 44.4. The van der Waals surface area contributed by atoms with Crippen molar-refractivity contribution < 1.29 is 9.53 Å². The molecule has 0 spiro atoms. The van der Waals surface area contributed by atoms with E-state index in [4.69, 9.17) is 10.5 Å². The molecule has 1 fully saturated rings. The number of imidazole rings is 1. The molecule has 3 rings (SSSR count). The summed E-state index contributed by atoms with van der Waals surface area (Å²) in [5.41, 5.74) is 4.61. The van der Waals surface area contributed by atoms with E-state index in [1.807, 2.05) is 13.8 Å². The van der Waals surface area contributed by atoms with Crippen LogP contribution in [0.3, 0.4) is 0 Å². The van der Waals surface area contributed by atoms with Gasteiger partial charge in [-0.05, 0) is 13.8 Å². The minimum Gasteiger partial charge on any atom is -0.373 e. The van der Waals surface area contributed by atoms with Crippen molar-refractivity contribution in [3.63, 3.8) is 0 Å². The molecular weight excluding hydrogens is 328 g/mol. The van der Waals surface area contributed by atoms with Crippen molar-refractivity contribution in [2.24, 2.45) is 12.8 Å². The van der Waals surface area contributed by atoms with Crippen LogP contribution >= 0.6 is 0 Å². The lowest BCUT2D eigenvalue weighted by Crippen LogP contribution is -2.45. The van der Waals surface area contributed by atoms with Crippen molar-refractivity contribution in [3.8, 4) is 0 Å². The summed E-state index contributed by atoms with van der Waals surface area (Å²) >= 11 is 0. The van der Waals surface area contributed by atoms with Gasteiger partial charge in [-0.2, -0.15) is 0 Å². The Labute approximate surface area is 143 Å². The maximum Gasteiger partial charge on any atom is 0.329 e. The van der Waals surface area contributed by atoms with Gasteiger partial charge in [-0.15, -0.1) is 0 Å². The quantitative estimate of drug-likeness (QED) is 0.692. The highest BCUT2D eigenvalue weighted by atomic mass is 16.5. The first-order chi connectivity index (χ1) is 11.8. The van der Waals surface area contributed by atoms with Gasteiger partial charge in [-0.3, -0.25) is 24.0 Å². The molecule has 1 amide bonds. The first-order valence-electron chi connectivity index (χ1n) is 8.10. The lowest BCUT2D eigenvalue weighted by molar-refractivity contribution is -0.118. The highest BCUT2D eigenvalue weighted by Crippen LogP contribution is 2.16. The SMILES string of the molecule is C[C@@H]1CN(Cc2nc3c(c(=O)[nH]c(=O)n3C)n2CC(N)=O)C[C@H](C)O1. The minimum atomic E-state index is -0.586. The Hall–Kier alpha value is -2.46. The Balaban J connectivity index is 2.09.